The van der Waals surface area contributed by atoms with Gasteiger partial charge in [0.15, 0.2) is 5.82 Å². The Hall–Kier alpha value is -0.870. The lowest BCUT2D eigenvalue weighted by atomic mass is 9.89. The molecule has 3 unspecified atom stereocenters. The number of aromatic nitrogens is 2. The molecule has 1 aromatic heterocycles. The van der Waals surface area contributed by atoms with E-state index in [4.69, 9.17) is 16.3 Å². The second kappa shape index (κ2) is 5.63. The molecule has 3 rings (SSSR count). The first-order valence-electron chi connectivity index (χ1n) is 7.01. The van der Waals surface area contributed by atoms with E-state index in [1.54, 1.807) is 13.2 Å². The Balaban J connectivity index is 1.60. The molecule has 0 aromatic carbocycles. The summed E-state index contributed by atoms with van der Waals surface area (Å²) in [6.45, 7) is 1.39. The maximum Gasteiger partial charge on any atom is 0.158 e. The van der Waals surface area contributed by atoms with E-state index >= 15 is 0 Å². The van der Waals surface area contributed by atoms with Crippen LogP contribution in [0.2, 0.25) is 5.15 Å². The lowest BCUT2D eigenvalue weighted by molar-refractivity contribution is 0.178. The van der Waals surface area contributed by atoms with Crippen LogP contribution in [0.25, 0.3) is 0 Å². The average Bonchev–Trinajstić information content (AvgIpc) is 2.98. The number of halogens is 1. The molecule has 1 heterocycles. The van der Waals surface area contributed by atoms with Gasteiger partial charge in [-0.25, -0.2) is 9.97 Å². The fourth-order valence-electron chi connectivity index (χ4n) is 3.61. The van der Waals surface area contributed by atoms with Gasteiger partial charge in [-0.15, -0.1) is 0 Å². The number of fused-ring (bicyclic) bond motifs is 2. The van der Waals surface area contributed by atoms with Crippen molar-refractivity contribution < 1.29 is 4.74 Å². The van der Waals surface area contributed by atoms with Crippen LogP contribution < -0.4 is 5.32 Å². The largest absolute Gasteiger partial charge is 0.377 e. The van der Waals surface area contributed by atoms with Gasteiger partial charge in [0.05, 0.1) is 0 Å². The van der Waals surface area contributed by atoms with Crippen LogP contribution in [0.5, 0.6) is 0 Å². The van der Waals surface area contributed by atoms with Crippen LogP contribution in [0.1, 0.15) is 31.5 Å². The Labute approximate surface area is 118 Å². The summed E-state index contributed by atoms with van der Waals surface area (Å²) in [5, 5.41) is 3.89. The van der Waals surface area contributed by atoms with Gasteiger partial charge in [-0.1, -0.05) is 18.0 Å². The molecule has 2 saturated carbocycles. The van der Waals surface area contributed by atoms with Gasteiger partial charge in [0, 0.05) is 19.7 Å². The number of hydrogen-bond donors (Lipinski definition) is 1. The SMILES string of the molecule is COCc1nc(Cl)cc(NCC2CC3CCC2C3)n1. The van der Waals surface area contributed by atoms with Crippen molar-refractivity contribution in [3.8, 4) is 0 Å². The van der Waals surface area contributed by atoms with E-state index in [0.29, 0.717) is 17.6 Å². The summed E-state index contributed by atoms with van der Waals surface area (Å²) in [7, 11) is 1.63. The van der Waals surface area contributed by atoms with Crippen LogP contribution in [0.15, 0.2) is 6.07 Å². The van der Waals surface area contributed by atoms with Crippen molar-refractivity contribution in [2.75, 3.05) is 19.0 Å². The smallest absolute Gasteiger partial charge is 0.158 e. The van der Waals surface area contributed by atoms with E-state index in [-0.39, 0.29) is 0 Å². The lowest BCUT2D eigenvalue weighted by Crippen LogP contribution is -2.20. The molecular weight excluding hydrogens is 262 g/mol. The normalized spacial score (nSPS) is 28.8. The van der Waals surface area contributed by atoms with Crippen molar-refractivity contribution in [2.24, 2.45) is 17.8 Å². The molecule has 2 fully saturated rings. The molecule has 0 aliphatic heterocycles. The average molecular weight is 282 g/mol. The minimum Gasteiger partial charge on any atom is -0.377 e. The lowest BCUT2D eigenvalue weighted by Gasteiger charge is -2.22. The highest BCUT2D eigenvalue weighted by Gasteiger charge is 2.39. The van der Waals surface area contributed by atoms with Gasteiger partial charge < -0.3 is 10.1 Å². The molecule has 0 saturated heterocycles. The predicted molar refractivity (Wildman–Crippen MR) is 75.2 cm³/mol. The second-order valence-corrected chi connectivity index (χ2v) is 6.13. The first-order valence-corrected chi connectivity index (χ1v) is 7.38. The highest BCUT2D eigenvalue weighted by Crippen LogP contribution is 2.48. The van der Waals surface area contributed by atoms with Gasteiger partial charge in [0.2, 0.25) is 0 Å². The molecule has 5 heteroatoms. The summed E-state index contributed by atoms with van der Waals surface area (Å²) in [4.78, 5) is 8.55. The van der Waals surface area contributed by atoms with Gasteiger partial charge in [-0.3, -0.25) is 0 Å². The Morgan fingerprint density at radius 3 is 2.95 bits per heavy atom. The molecule has 2 aliphatic rings. The molecule has 0 amide bonds. The molecule has 0 spiro atoms. The number of nitrogens with one attached hydrogen (secondary N) is 1. The quantitative estimate of drug-likeness (QED) is 0.843. The van der Waals surface area contributed by atoms with Crippen molar-refractivity contribution in [3.05, 3.63) is 17.0 Å². The summed E-state index contributed by atoms with van der Waals surface area (Å²) >= 11 is 6.00. The highest BCUT2D eigenvalue weighted by atomic mass is 35.5. The third-order valence-electron chi connectivity index (χ3n) is 4.44. The summed E-state index contributed by atoms with van der Waals surface area (Å²) in [5.74, 6) is 4.15. The topological polar surface area (TPSA) is 47.0 Å². The van der Waals surface area contributed by atoms with E-state index in [9.17, 15) is 0 Å². The van der Waals surface area contributed by atoms with Crippen molar-refractivity contribution in [1.29, 1.82) is 0 Å². The maximum atomic E-state index is 6.00. The second-order valence-electron chi connectivity index (χ2n) is 5.74. The van der Waals surface area contributed by atoms with Crippen molar-refractivity contribution in [3.63, 3.8) is 0 Å². The van der Waals surface area contributed by atoms with Gasteiger partial charge in [-0.2, -0.15) is 0 Å². The number of methoxy groups -OCH3 is 1. The number of rotatable bonds is 5. The zero-order chi connectivity index (χ0) is 13.2. The fraction of sp³-hybridized carbons (Fsp3) is 0.714. The van der Waals surface area contributed by atoms with Crippen LogP contribution in [-0.2, 0) is 11.3 Å². The summed E-state index contributed by atoms with van der Waals surface area (Å²) < 4.78 is 5.04. The van der Waals surface area contributed by atoms with Crippen LogP contribution in [0.4, 0.5) is 5.82 Å². The summed E-state index contributed by atoms with van der Waals surface area (Å²) in [6.07, 6.45) is 5.67. The zero-order valence-corrected chi connectivity index (χ0v) is 12.0. The Morgan fingerprint density at radius 2 is 2.26 bits per heavy atom. The predicted octanol–water partition coefficient (Wildman–Crippen LogP) is 3.12. The van der Waals surface area contributed by atoms with Gasteiger partial charge in [0.25, 0.3) is 0 Å². The molecule has 19 heavy (non-hydrogen) atoms. The van der Waals surface area contributed by atoms with Crippen molar-refractivity contribution >= 4 is 17.4 Å². The van der Waals surface area contributed by atoms with Gasteiger partial charge in [0.1, 0.15) is 17.6 Å². The van der Waals surface area contributed by atoms with Gasteiger partial charge >= 0.3 is 0 Å². The van der Waals surface area contributed by atoms with E-state index in [0.717, 1.165) is 30.1 Å². The Bertz CT molecular complexity index is 454. The Kier molecular flexibility index (Phi) is 3.89. The number of hydrogen-bond acceptors (Lipinski definition) is 4. The van der Waals surface area contributed by atoms with E-state index in [1.807, 2.05) is 0 Å². The first-order chi connectivity index (χ1) is 9.24. The van der Waals surface area contributed by atoms with E-state index in [1.165, 1.54) is 25.7 Å². The summed E-state index contributed by atoms with van der Waals surface area (Å²) in [5.41, 5.74) is 0. The molecule has 1 aromatic rings. The van der Waals surface area contributed by atoms with Crippen molar-refractivity contribution in [1.82, 2.24) is 9.97 Å². The number of anilines is 1. The molecule has 2 bridgehead atoms. The molecule has 2 aliphatic carbocycles. The van der Waals surface area contributed by atoms with Crippen LogP contribution >= 0.6 is 11.6 Å². The minimum absolute atomic E-state index is 0.392. The standard InChI is InChI=1S/C14H20ClN3O/c1-19-8-14-17-12(15)6-13(18-14)16-7-11-5-9-2-3-10(11)4-9/h6,9-11H,2-5,7-8H2,1H3,(H,16,17,18). The summed E-state index contributed by atoms with van der Waals surface area (Å²) in [6, 6.07) is 1.79. The minimum atomic E-state index is 0.392. The Morgan fingerprint density at radius 1 is 1.37 bits per heavy atom. The molecule has 3 atom stereocenters. The third-order valence-corrected chi connectivity index (χ3v) is 4.64. The molecular formula is C14H20ClN3O. The fourth-order valence-corrected chi connectivity index (χ4v) is 3.81. The molecule has 104 valence electrons. The molecule has 4 nitrogen and oxygen atoms in total. The third kappa shape index (κ3) is 3.00. The highest BCUT2D eigenvalue weighted by molar-refractivity contribution is 6.29. The van der Waals surface area contributed by atoms with E-state index < -0.39 is 0 Å². The van der Waals surface area contributed by atoms with Crippen LogP contribution in [0.3, 0.4) is 0 Å². The van der Waals surface area contributed by atoms with Gasteiger partial charge in [-0.05, 0) is 37.0 Å². The van der Waals surface area contributed by atoms with Crippen molar-refractivity contribution in [2.45, 2.75) is 32.3 Å². The monoisotopic (exact) mass is 281 g/mol. The van der Waals surface area contributed by atoms with Crippen LogP contribution in [-0.4, -0.2) is 23.6 Å². The first kappa shape index (κ1) is 13.1. The molecule has 0 radical (unpaired) electrons. The van der Waals surface area contributed by atoms with E-state index in [2.05, 4.69) is 15.3 Å². The number of nitrogens with zero attached hydrogens (tertiary/aromatic N) is 2. The molecule has 1 N–H and O–H groups in total. The number of ether oxygens (including phenoxy) is 1. The maximum absolute atomic E-state index is 6.00. The van der Waals surface area contributed by atoms with Crippen LogP contribution in [0, 0.1) is 17.8 Å². The zero-order valence-electron chi connectivity index (χ0n) is 11.2.